The van der Waals surface area contributed by atoms with Crippen LogP contribution in [-0.4, -0.2) is 38.6 Å². The van der Waals surface area contributed by atoms with Crippen molar-refractivity contribution in [2.24, 2.45) is 0 Å². The first kappa shape index (κ1) is 18.5. The van der Waals surface area contributed by atoms with Crippen molar-refractivity contribution in [2.45, 2.75) is 11.7 Å². The smallest absolute Gasteiger partial charge is 0.230 e. The van der Waals surface area contributed by atoms with Crippen LogP contribution in [0, 0.1) is 0 Å². The lowest BCUT2D eigenvalue weighted by Gasteiger charge is -2.09. The fourth-order valence-corrected chi connectivity index (χ4v) is 4.05. The highest BCUT2D eigenvalue weighted by Gasteiger charge is 2.12. The van der Waals surface area contributed by atoms with Crippen LogP contribution in [-0.2, 0) is 11.3 Å². The van der Waals surface area contributed by atoms with E-state index in [0.29, 0.717) is 17.3 Å². The largest absolute Gasteiger partial charge is 0.496 e. The second-order valence-corrected chi connectivity index (χ2v) is 7.72. The lowest BCUT2D eigenvalue weighted by molar-refractivity contribution is -0.118. The van der Waals surface area contributed by atoms with E-state index in [4.69, 9.17) is 4.74 Å². The highest BCUT2D eigenvalue weighted by atomic mass is 32.2. The number of hydrogen-bond donors (Lipinski definition) is 1. The number of nitrogens with zero attached hydrogens (tertiary/aromatic N) is 4. The normalized spacial score (nSPS) is 10.9. The highest BCUT2D eigenvalue weighted by molar-refractivity contribution is 7.99. The number of thioether (sulfide) groups is 1. The summed E-state index contributed by atoms with van der Waals surface area (Å²) in [5.41, 5.74) is 2.43. The van der Waals surface area contributed by atoms with Gasteiger partial charge in [0.1, 0.15) is 11.4 Å². The van der Waals surface area contributed by atoms with Gasteiger partial charge in [-0.1, -0.05) is 36.0 Å². The molecule has 3 heterocycles. The number of amides is 1. The number of benzene rings is 1. The Hall–Kier alpha value is -2.91. The molecule has 0 saturated carbocycles. The van der Waals surface area contributed by atoms with Crippen molar-refractivity contribution in [2.75, 3.05) is 12.9 Å². The van der Waals surface area contributed by atoms with Gasteiger partial charge in [-0.2, -0.15) is 9.61 Å². The molecule has 0 atom stereocenters. The number of aromatic nitrogens is 4. The monoisotopic (exact) mass is 411 g/mol. The van der Waals surface area contributed by atoms with Crippen LogP contribution in [0.15, 0.2) is 59.1 Å². The number of fused-ring (bicyclic) bond motifs is 1. The number of nitrogens with one attached hydrogen (secondary N) is 1. The summed E-state index contributed by atoms with van der Waals surface area (Å²) in [6.07, 6.45) is 0. The van der Waals surface area contributed by atoms with Gasteiger partial charge in [0.15, 0.2) is 5.65 Å². The third-order valence-electron chi connectivity index (χ3n) is 4.01. The Kier molecular flexibility index (Phi) is 5.54. The van der Waals surface area contributed by atoms with E-state index in [1.807, 2.05) is 53.9 Å². The molecule has 0 aliphatic rings. The van der Waals surface area contributed by atoms with Gasteiger partial charge in [-0.05, 0) is 29.6 Å². The number of carbonyl (C=O) groups is 1. The Balaban J connectivity index is 1.41. The Morgan fingerprint density at radius 3 is 2.89 bits per heavy atom. The molecule has 0 radical (unpaired) electrons. The van der Waals surface area contributed by atoms with Crippen molar-refractivity contribution in [3.05, 3.63) is 59.5 Å². The zero-order valence-electron chi connectivity index (χ0n) is 15.0. The first-order valence-corrected chi connectivity index (χ1v) is 10.4. The minimum atomic E-state index is -0.0953. The number of rotatable bonds is 7. The molecule has 0 spiro atoms. The molecule has 0 fully saturated rings. The number of hydrogen-bond acceptors (Lipinski definition) is 7. The standard InChI is InChI=1S/C19H17N5O2S2/c1-26-15-6-3-2-5-13(15)11-20-18(25)12-28-19-22-21-17-9-8-14(23-24(17)19)16-7-4-10-27-16/h2-10H,11-12H2,1H3,(H,20,25). The maximum Gasteiger partial charge on any atom is 0.230 e. The predicted octanol–water partition coefficient (Wildman–Crippen LogP) is 3.27. The molecular formula is C19H17N5O2S2. The number of carbonyl (C=O) groups excluding carboxylic acids is 1. The maximum absolute atomic E-state index is 12.3. The van der Waals surface area contributed by atoms with E-state index in [1.165, 1.54) is 11.8 Å². The fourth-order valence-electron chi connectivity index (χ4n) is 2.64. The molecule has 3 aromatic heterocycles. The molecule has 1 N–H and O–H groups in total. The number of methoxy groups -OCH3 is 1. The molecular weight excluding hydrogens is 394 g/mol. The summed E-state index contributed by atoms with van der Waals surface area (Å²) >= 11 is 2.92. The van der Waals surface area contributed by atoms with Crippen molar-refractivity contribution in [3.8, 4) is 16.3 Å². The SMILES string of the molecule is COc1ccccc1CNC(=O)CSc1nnc2ccc(-c3cccs3)nn12. The highest BCUT2D eigenvalue weighted by Crippen LogP contribution is 2.24. The van der Waals surface area contributed by atoms with Gasteiger partial charge in [-0.25, -0.2) is 0 Å². The van der Waals surface area contributed by atoms with Crippen LogP contribution >= 0.6 is 23.1 Å². The Bertz CT molecular complexity index is 1090. The lowest BCUT2D eigenvalue weighted by Crippen LogP contribution is -2.24. The zero-order valence-corrected chi connectivity index (χ0v) is 16.7. The fraction of sp³-hybridized carbons (Fsp3) is 0.158. The van der Waals surface area contributed by atoms with Crippen molar-refractivity contribution in [1.29, 1.82) is 0 Å². The van der Waals surface area contributed by atoms with Gasteiger partial charge in [0.05, 0.1) is 17.7 Å². The predicted molar refractivity (Wildman–Crippen MR) is 110 cm³/mol. The summed E-state index contributed by atoms with van der Waals surface area (Å²) < 4.78 is 6.97. The molecule has 0 saturated heterocycles. The molecule has 4 rings (SSSR count). The van der Waals surface area contributed by atoms with E-state index in [0.717, 1.165) is 21.9 Å². The minimum absolute atomic E-state index is 0.0953. The molecule has 1 aromatic carbocycles. The van der Waals surface area contributed by atoms with Gasteiger partial charge in [0, 0.05) is 12.1 Å². The lowest BCUT2D eigenvalue weighted by atomic mass is 10.2. The van der Waals surface area contributed by atoms with E-state index in [2.05, 4.69) is 20.6 Å². The average Bonchev–Trinajstić information content (AvgIpc) is 3.40. The quantitative estimate of drug-likeness (QED) is 0.470. The molecule has 9 heteroatoms. The van der Waals surface area contributed by atoms with Crippen molar-refractivity contribution in [1.82, 2.24) is 25.1 Å². The van der Waals surface area contributed by atoms with Gasteiger partial charge in [0.2, 0.25) is 11.1 Å². The third-order valence-corrected chi connectivity index (χ3v) is 5.82. The van der Waals surface area contributed by atoms with E-state index in [9.17, 15) is 4.79 Å². The summed E-state index contributed by atoms with van der Waals surface area (Å²) in [6, 6.07) is 15.4. The van der Waals surface area contributed by atoms with Gasteiger partial charge in [0.25, 0.3) is 0 Å². The number of ether oxygens (including phenoxy) is 1. The molecule has 142 valence electrons. The summed E-state index contributed by atoms with van der Waals surface area (Å²) in [7, 11) is 1.62. The maximum atomic E-state index is 12.3. The van der Waals surface area contributed by atoms with Crippen LogP contribution in [0.25, 0.3) is 16.2 Å². The van der Waals surface area contributed by atoms with Crippen LogP contribution in [0.4, 0.5) is 0 Å². The zero-order chi connectivity index (χ0) is 19.3. The van der Waals surface area contributed by atoms with Gasteiger partial charge < -0.3 is 10.1 Å². The van der Waals surface area contributed by atoms with Crippen molar-refractivity contribution >= 4 is 34.7 Å². The second kappa shape index (κ2) is 8.41. The molecule has 4 aromatic rings. The molecule has 28 heavy (non-hydrogen) atoms. The summed E-state index contributed by atoms with van der Waals surface area (Å²) in [5, 5.41) is 18.4. The first-order chi connectivity index (χ1) is 13.7. The van der Waals surface area contributed by atoms with Crippen LogP contribution < -0.4 is 10.1 Å². The van der Waals surface area contributed by atoms with E-state index >= 15 is 0 Å². The van der Waals surface area contributed by atoms with E-state index in [1.54, 1.807) is 23.0 Å². The van der Waals surface area contributed by atoms with E-state index in [-0.39, 0.29) is 11.7 Å². The number of para-hydroxylation sites is 1. The average molecular weight is 412 g/mol. The minimum Gasteiger partial charge on any atom is -0.496 e. The van der Waals surface area contributed by atoms with Crippen molar-refractivity contribution in [3.63, 3.8) is 0 Å². The van der Waals surface area contributed by atoms with Gasteiger partial charge in [-0.3, -0.25) is 4.79 Å². The molecule has 7 nitrogen and oxygen atoms in total. The molecule has 1 amide bonds. The van der Waals surface area contributed by atoms with Crippen LogP contribution in [0.3, 0.4) is 0 Å². The van der Waals surface area contributed by atoms with Gasteiger partial charge in [-0.15, -0.1) is 21.5 Å². The molecule has 0 aliphatic carbocycles. The van der Waals surface area contributed by atoms with Crippen LogP contribution in [0.2, 0.25) is 0 Å². The Labute approximate surface area is 169 Å². The number of thiophene rings is 1. The molecule has 0 bridgehead atoms. The summed E-state index contributed by atoms with van der Waals surface area (Å²) in [5.74, 6) is 0.882. The second-order valence-electron chi connectivity index (χ2n) is 5.83. The molecule has 0 unspecified atom stereocenters. The first-order valence-electron chi connectivity index (χ1n) is 8.52. The molecule has 0 aliphatic heterocycles. The summed E-state index contributed by atoms with van der Waals surface area (Å²) in [4.78, 5) is 13.3. The Morgan fingerprint density at radius 2 is 2.07 bits per heavy atom. The Morgan fingerprint density at radius 1 is 1.18 bits per heavy atom. The van der Waals surface area contributed by atoms with Gasteiger partial charge >= 0.3 is 0 Å². The van der Waals surface area contributed by atoms with Crippen LogP contribution in [0.5, 0.6) is 5.75 Å². The third kappa shape index (κ3) is 4.00. The van der Waals surface area contributed by atoms with Crippen LogP contribution in [0.1, 0.15) is 5.56 Å². The van der Waals surface area contributed by atoms with Crippen molar-refractivity contribution < 1.29 is 9.53 Å². The topological polar surface area (TPSA) is 81.4 Å². The van der Waals surface area contributed by atoms with E-state index < -0.39 is 0 Å². The summed E-state index contributed by atoms with van der Waals surface area (Å²) in [6.45, 7) is 0.408.